The zero-order valence-corrected chi connectivity index (χ0v) is 11.5. The summed E-state index contributed by atoms with van der Waals surface area (Å²) in [4.78, 5) is 23.7. The lowest BCUT2D eigenvalue weighted by molar-refractivity contribution is -0.121. The van der Waals surface area contributed by atoms with Crippen molar-refractivity contribution in [2.24, 2.45) is 0 Å². The standard InChI is InChI=1S/C15H18N2O2/c1-4-16-14(19)9-17-6-5-13(18)15-11(3)7-10(2)8-12(15)17/h5-8H,4,9H2,1-3H3,(H,16,19). The van der Waals surface area contributed by atoms with Gasteiger partial charge >= 0.3 is 0 Å². The minimum Gasteiger partial charge on any atom is -0.355 e. The second kappa shape index (κ2) is 5.26. The highest BCUT2D eigenvalue weighted by molar-refractivity contribution is 5.85. The van der Waals surface area contributed by atoms with Gasteiger partial charge in [0.25, 0.3) is 0 Å². The van der Waals surface area contributed by atoms with Crippen molar-refractivity contribution in [2.75, 3.05) is 6.54 Å². The zero-order valence-electron chi connectivity index (χ0n) is 11.5. The Morgan fingerprint density at radius 3 is 2.74 bits per heavy atom. The van der Waals surface area contributed by atoms with Crippen molar-refractivity contribution in [3.05, 3.63) is 45.7 Å². The summed E-state index contributed by atoms with van der Waals surface area (Å²) < 4.78 is 1.82. The van der Waals surface area contributed by atoms with Gasteiger partial charge in [-0.3, -0.25) is 9.59 Å². The molecule has 2 aromatic rings. The van der Waals surface area contributed by atoms with E-state index in [1.807, 2.05) is 37.5 Å². The fourth-order valence-corrected chi connectivity index (χ4v) is 2.36. The summed E-state index contributed by atoms with van der Waals surface area (Å²) in [5.74, 6) is -0.0494. The minimum atomic E-state index is -0.0494. The number of aromatic nitrogens is 1. The van der Waals surface area contributed by atoms with Crippen LogP contribution in [0.5, 0.6) is 0 Å². The molecule has 0 radical (unpaired) electrons. The van der Waals surface area contributed by atoms with E-state index in [-0.39, 0.29) is 17.9 Å². The first-order valence-electron chi connectivity index (χ1n) is 6.40. The largest absolute Gasteiger partial charge is 0.355 e. The molecule has 0 aliphatic rings. The van der Waals surface area contributed by atoms with Crippen LogP contribution in [0.25, 0.3) is 10.9 Å². The number of rotatable bonds is 3. The second-order valence-corrected chi connectivity index (χ2v) is 4.74. The van der Waals surface area contributed by atoms with Gasteiger partial charge in [-0.15, -0.1) is 0 Å². The summed E-state index contributed by atoms with van der Waals surface area (Å²) in [6, 6.07) is 5.45. The van der Waals surface area contributed by atoms with Gasteiger partial charge in [0.2, 0.25) is 5.91 Å². The molecule has 0 saturated heterocycles. The number of pyridine rings is 1. The third-order valence-corrected chi connectivity index (χ3v) is 3.11. The van der Waals surface area contributed by atoms with Gasteiger partial charge in [-0.05, 0) is 38.0 Å². The molecule has 0 bridgehead atoms. The minimum absolute atomic E-state index is 0.000324. The van der Waals surface area contributed by atoms with E-state index in [4.69, 9.17) is 0 Å². The number of hydrogen-bond donors (Lipinski definition) is 1. The quantitative estimate of drug-likeness (QED) is 0.912. The summed E-state index contributed by atoms with van der Waals surface area (Å²) in [6.07, 6.45) is 1.68. The maximum Gasteiger partial charge on any atom is 0.239 e. The number of fused-ring (bicyclic) bond motifs is 1. The molecule has 0 aliphatic carbocycles. The molecule has 0 aliphatic heterocycles. The Bertz CT molecular complexity index is 686. The van der Waals surface area contributed by atoms with Gasteiger partial charge in [-0.1, -0.05) is 6.07 Å². The highest BCUT2D eigenvalue weighted by atomic mass is 16.2. The summed E-state index contributed by atoms with van der Waals surface area (Å²) in [5, 5.41) is 3.46. The first kappa shape index (κ1) is 13.3. The molecule has 0 fully saturated rings. The fraction of sp³-hybridized carbons (Fsp3) is 0.333. The Balaban J connectivity index is 2.60. The monoisotopic (exact) mass is 258 g/mol. The first-order chi connectivity index (χ1) is 9.02. The molecular weight excluding hydrogens is 240 g/mol. The lowest BCUT2D eigenvalue weighted by Crippen LogP contribution is -2.27. The lowest BCUT2D eigenvalue weighted by Gasteiger charge is -2.12. The number of aryl methyl sites for hydroxylation is 2. The van der Waals surface area contributed by atoms with E-state index in [9.17, 15) is 9.59 Å². The number of hydrogen-bond acceptors (Lipinski definition) is 2. The van der Waals surface area contributed by atoms with Crippen LogP contribution in [0.1, 0.15) is 18.1 Å². The van der Waals surface area contributed by atoms with Gasteiger partial charge in [-0.2, -0.15) is 0 Å². The molecular formula is C15H18N2O2. The highest BCUT2D eigenvalue weighted by Crippen LogP contribution is 2.17. The van der Waals surface area contributed by atoms with Crippen LogP contribution in [-0.2, 0) is 11.3 Å². The summed E-state index contributed by atoms with van der Waals surface area (Å²) in [7, 11) is 0. The van der Waals surface area contributed by atoms with Gasteiger partial charge in [0.15, 0.2) is 5.43 Å². The number of likely N-dealkylation sites (N-methyl/N-ethyl adjacent to an activating group) is 1. The van der Waals surface area contributed by atoms with E-state index in [0.29, 0.717) is 11.9 Å². The molecule has 1 N–H and O–H groups in total. The number of amides is 1. The van der Waals surface area contributed by atoms with Crippen LogP contribution in [0.2, 0.25) is 0 Å². The van der Waals surface area contributed by atoms with Gasteiger partial charge in [0.05, 0.1) is 5.52 Å². The van der Waals surface area contributed by atoms with Gasteiger partial charge in [0.1, 0.15) is 6.54 Å². The molecule has 1 aromatic carbocycles. The lowest BCUT2D eigenvalue weighted by atomic mass is 10.1. The molecule has 1 aromatic heterocycles. The molecule has 0 spiro atoms. The fourth-order valence-electron chi connectivity index (χ4n) is 2.36. The molecule has 0 unspecified atom stereocenters. The normalized spacial score (nSPS) is 10.7. The van der Waals surface area contributed by atoms with Crippen LogP contribution in [0.3, 0.4) is 0 Å². The Morgan fingerprint density at radius 1 is 1.32 bits per heavy atom. The molecule has 4 nitrogen and oxygen atoms in total. The number of carbonyl (C=O) groups is 1. The SMILES string of the molecule is CCNC(=O)Cn1ccc(=O)c2c(C)cc(C)cc21. The Labute approximate surface area is 112 Å². The third kappa shape index (κ3) is 2.67. The number of nitrogens with zero attached hydrogens (tertiary/aromatic N) is 1. The van der Waals surface area contributed by atoms with Gasteiger partial charge in [0, 0.05) is 24.2 Å². The van der Waals surface area contributed by atoms with Crippen LogP contribution in [0.15, 0.2) is 29.2 Å². The predicted molar refractivity (Wildman–Crippen MR) is 76.4 cm³/mol. The van der Waals surface area contributed by atoms with E-state index in [1.165, 1.54) is 6.07 Å². The van der Waals surface area contributed by atoms with Gasteiger partial charge in [-0.25, -0.2) is 0 Å². The van der Waals surface area contributed by atoms with Crippen molar-refractivity contribution in [1.29, 1.82) is 0 Å². The molecule has 2 rings (SSSR count). The van der Waals surface area contributed by atoms with Crippen molar-refractivity contribution >= 4 is 16.8 Å². The summed E-state index contributed by atoms with van der Waals surface area (Å²) in [5.41, 5.74) is 2.85. The van der Waals surface area contributed by atoms with Crippen LogP contribution in [-0.4, -0.2) is 17.0 Å². The maximum atomic E-state index is 12.0. The Morgan fingerprint density at radius 2 is 2.05 bits per heavy atom. The van der Waals surface area contributed by atoms with Crippen LogP contribution in [0, 0.1) is 13.8 Å². The van der Waals surface area contributed by atoms with E-state index in [2.05, 4.69) is 5.32 Å². The van der Waals surface area contributed by atoms with E-state index in [1.54, 1.807) is 6.20 Å². The number of carbonyl (C=O) groups excluding carboxylic acids is 1. The smallest absolute Gasteiger partial charge is 0.239 e. The Hall–Kier alpha value is -2.10. The summed E-state index contributed by atoms with van der Waals surface area (Å²) in [6.45, 7) is 6.63. The average Bonchev–Trinajstić information content (AvgIpc) is 2.32. The molecule has 1 heterocycles. The predicted octanol–water partition coefficient (Wildman–Crippen LogP) is 1.75. The van der Waals surface area contributed by atoms with Crippen LogP contribution in [0.4, 0.5) is 0 Å². The second-order valence-electron chi connectivity index (χ2n) is 4.74. The van der Waals surface area contributed by atoms with Crippen molar-refractivity contribution in [3.63, 3.8) is 0 Å². The van der Waals surface area contributed by atoms with Crippen molar-refractivity contribution in [3.8, 4) is 0 Å². The molecule has 4 heteroatoms. The summed E-state index contributed by atoms with van der Waals surface area (Å²) >= 11 is 0. The van der Waals surface area contributed by atoms with E-state index in [0.717, 1.165) is 16.6 Å². The van der Waals surface area contributed by atoms with E-state index < -0.39 is 0 Å². The third-order valence-electron chi connectivity index (χ3n) is 3.11. The first-order valence-corrected chi connectivity index (χ1v) is 6.40. The molecule has 19 heavy (non-hydrogen) atoms. The van der Waals surface area contributed by atoms with E-state index >= 15 is 0 Å². The molecule has 0 atom stereocenters. The molecule has 1 amide bonds. The van der Waals surface area contributed by atoms with Crippen LogP contribution >= 0.6 is 0 Å². The number of benzene rings is 1. The van der Waals surface area contributed by atoms with Crippen molar-refractivity contribution < 1.29 is 4.79 Å². The van der Waals surface area contributed by atoms with Crippen molar-refractivity contribution in [1.82, 2.24) is 9.88 Å². The Kier molecular flexibility index (Phi) is 3.69. The topological polar surface area (TPSA) is 51.1 Å². The van der Waals surface area contributed by atoms with Gasteiger partial charge < -0.3 is 9.88 Å². The molecule has 100 valence electrons. The van der Waals surface area contributed by atoms with Crippen molar-refractivity contribution in [2.45, 2.75) is 27.3 Å². The van der Waals surface area contributed by atoms with Crippen LogP contribution < -0.4 is 10.7 Å². The zero-order chi connectivity index (χ0) is 14.0. The number of nitrogens with one attached hydrogen (secondary N) is 1. The maximum absolute atomic E-state index is 12.0. The average molecular weight is 258 g/mol. The molecule has 0 saturated carbocycles. The highest BCUT2D eigenvalue weighted by Gasteiger charge is 2.08.